The first-order valence-corrected chi connectivity index (χ1v) is 4.94. The topological polar surface area (TPSA) is 20.2 Å². The quantitative estimate of drug-likeness (QED) is 0.804. The van der Waals surface area contributed by atoms with E-state index in [1.807, 2.05) is 0 Å². The molecule has 1 rings (SSSR count). The van der Waals surface area contributed by atoms with Crippen LogP contribution in [0.25, 0.3) is 0 Å². The second kappa shape index (κ2) is 3.87. The van der Waals surface area contributed by atoms with E-state index in [1.54, 1.807) is 26.8 Å². The van der Waals surface area contributed by atoms with Gasteiger partial charge >= 0.3 is 0 Å². The van der Waals surface area contributed by atoms with E-state index in [4.69, 9.17) is 11.6 Å². The van der Waals surface area contributed by atoms with Crippen molar-refractivity contribution in [2.75, 3.05) is 0 Å². The molecule has 1 N–H and O–H groups in total. The summed E-state index contributed by atoms with van der Waals surface area (Å²) in [6, 6.07) is 3.03. The lowest BCUT2D eigenvalue weighted by Gasteiger charge is -2.23. The molecule has 0 aliphatic carbocycles. The molecule has 0 heterocycles. The van der Waals surface area contributed by atoms with Crippen LogP contribution >= 0.6 is 11.6 Å². The lowest BCUT2D eigenvalue weighted by molar-refractivity contribution is 0.0492. The minimum absolute atomic E-state index is 0.269. The molecular formula is C11H14ClFO. The maximum atomic E-state index is 13.6. The zero-order valence-corrected chi connectivity index (χ0v) is 9.32. The van der Waals surface area contributed by atoms with Crippen molar-refractivity contribution >= 4 is 11.6 Å². The van der Waals surface area contributed by atoms with Gasteiger partial charge < -0.3 is 5.11 Å². The van der Waals surface area contributed by atoms with Gasteiger partial charge in [-0.1, -0.05) is 18.5 Å². The summed E-state index contributed by atoms with van der Waals surface area (Å²) >= 11 is 5.81. The standard InChI is InChI=1S/C11H14ClFO/c1-4-11(3,14)9-6-8(12)5-7(2)10(9)13/h5-6,14H,4H2,1-3H3. The highest BCUT2D eigenvalue weighted by molar-refractivity contribution is 6.30. The Hall–Kier alpha value is -0.600. The van der Waals surface area contributed by atoms with Gasteiger partial charge in [0.15, 0.2) is 0 Å². The van der Waals surface area contributed by atoms with Crippen molar-refractivity contribution in [2.45, 2.75) is 32.8 Å². The number of rotatable bonds is 2. The van der Waals surface area contributed by atoms with Gasteiger partial charge in [-0.3, -0.25) is 0 Å². The van der Waals surface area contributed by atoms with Crippen LogP contribution in [0.15, 0.2) is 12.1 Å². The van der Waals surface area contributed by atoms with Gasteiger partial charge in [0, 0.05) is 10.6 Å². The molecule has 0 aliphatic heterocycles. The van der Waals surface area contributed by atoms with E-state index in [9.17, 15) is 9.50 Å². The highest BCUT2D eigenvalue weighted by atomic mass is 35.5. The molecule has 0 aliphatic rings. The summed E-state index contributed by atoms with van der Waals surface area (Å²) in [7, 11) is 0. The Kier molecular flexibility index (Phi) is 3.17. The molecule has 0 bridgehead atoms. The Balaban J connectivity index is 3.34. The van der Waals surface area contributed by atoms with Crippen LogP contribution in [0, 0.1) is 12.7 Å². The summed E-state index contributed by atoms with van der Waals surface area (Å²) in [4.78, 5) is 0. The molecule has 1 atom stereocenters. The molecule has 3 heteroatoms. The zero-order chi connectivity index (χ0) is 10.9. The normalized spacial score (nSPS) is 15.3. The van der Waals surface area contributed by atoms with Crippen molar-refractivity contribution in [3.05, 3.63) is 34.1 Å². The fourth-order valence-electron chi connectivity index (χ4n) is 1.31. The van der Waals surface area contributed by atoms with Gasteiger partial charge in [-0.2, -0.15) is 0 Å². The Morgan fingerprint density at radius 3 is 2.57 bits per heavy atom. The summed E-state index contributed by atoms with van der Waals surface area (Å²) in [6.45, 7) is 5.02. The summed E-state index contributed by atoms with van der Waals surface area (Å²) in [5.41, 5.74) is -0.425. The van der Waals surface area contributed by atoms with Crippen molar-refractivity contribution < 1.29 is 9.50 Å². The van der Waals surface area contributed by atoms with Crippen molar-refractivity contribution in [1.29, 1.82) is 0 Å². The zero-order valence-electron chi connectivity index (χ0n) is 8.56. The van der Waals surface area contributed by atoms with Gasteiger partial charge in [-0.25, -0.2) is 4.39 Å². The molecule has 0 fully saturated rings. The number of hydrogen-bond acceptors (Lipinski definition) is 1. The van der Waals surface area contributed by atoms with E-state index in [-0.39, 0.29) is 11.4 Å². The van der Waals surface area contributed by atoms with Crippen LogP contribution in [-0.2, 0) is 5.60 Å². The molecule has 0 radical (unpaired) electrons. The van der Waals surface area contributed by atoms with Gasteiger partial charge in [0.1, 0.15) is 5.82 Å². The highest BCUT2D eigenvalue weighted by Crippen LogP contribution is 2.30. The van der Waals surface area contributed by atoms with Crippen LogP contribution in [0.2, 0.25) is 5.02 Å². The molecule has 14 heavy (non-hydrogen) atoms. The highest BCUT2D eigenvalue weighted by Gasteiger charge is 2.25. The monoisotopic (exact) mass is 216 g/mol. The molecule has 1 aromatic carbocycles. The van der Waals surface area contributed by atoms with E-state index in [2.05, 4.69) is 0 Å². The lowest BCUT2D eigenvalue weighted by Crippen LogP contribution is -2.21. The Morgan fingerprint density at radius 1 is 1.50 bits per heavy atom. The van der Waals surface area contributed by atoms with Gasteiger partial charge in [-0.05, 0) is 38.0 Å². The van der Waals surface area contributed by atoms with E-state index in [0.717, 1.165) is 0 Å². The number of hydrogen-bond donors (Lipinski definition) is 1. The van der Waals surface area contributed by atoms with E-state index in [1.165, 1.54) is 6.07 Å². The molecule has 0 aromatic heterocycles. The van der Waals surface area contributed by atoms with Gasteiger partial charge in [0.05, 0.1) is 5.60 Å². The summed E-state index contributed by atoms with van der Waals surface area (Å²) in [5.74, 6) is -0.374. The van der Waals surface area contributed by atoms with Crippen LogP contribution in [-0.4, -0.2) is 5.11 Å². The minimum Gasteiger partial charge on any atom is -0.385 e. The van der Waals surface area contributed by atoms with Crippen molar-refractivity contribution in [1.82, 2.24) is 0 Å². The van der Waals surface area contributed by atoms with Gasteiger partial charge in [-0.15, -0.1) is 0 Å². The number of aliphatic hydroxyl groups is 1. The maximum absolute atomic E-state index is 13.6. The first kappa shape index (κ1) is 11.5. The van der Waals surface area contributed by atoms with Crippen LogP contribution < -0.4 is 0 Å². The fourth-order valence-corrected chi connectivity index (χ4v) is 1.58. The predicted octanol–water partition coefficient (Wildman–Crippen LogP) is 3.41. The van der Waals surface area contributed by atoms with Gasteiger partial charge in [0.25, 0.3) is 0 Å². The Morgan fingerprint density at radius 2 is 2.07 bits per heavy atom. The molecule has 78 valence electrons. The average Bonchev–Trinajstić information content (AvgIpc) is 2.11. The molecule has 1 unspecified atom stereocenters. The van der Waals surface area contributed by atoms with Crippen molar-refractivity contribution in [3.63, 3.8) is 0 Å². The van der Waals surface area contributed by atoms with E-state index in [0.29, 0.717) is 17.0 Å². The van der Waals surface area contributed by atoms with E-state index < -0.39 is 5.60 Å². The third-order valence-electron chi connectivity index (χ3n) is 2.49. The van der Waals surface area contributed by atoms with Gasteiger partial charge in [0.2, 0.25) is 0 Å². The maximum Gasteiger partial charge on any atom is 0.132 e. The predicted molar refractivity (Wildman–Crippen MR) is 56.0 cm³/mol. The minimum atomic E-state index is -1.15. The molecular weight excluding hydrogens is 203 g/mol. The summed E-state index contributed by atoms with van der Waals surface area (Å²) in [6.07, 6.45) is 0.448. The first-order chi connectivity index (χ1) is 6.38. The molecule has 0 saturated carbocycles. The van der Waals surface area contributed by atoms with Crippen molar-refractivity contribution in [2.24, 2.45) is 0 Å². The molecule has 1 nitrogen and oxygen atoms in total. The number of halogens is 2. The molecule has 0 saturated heterocycles. The van der Waals surface area contributed by atoms with Crippen LogP contribution in [0.1, 0.15) is 31.4 Å². The van der Waals surface area contributed by atoms with Crippen LogP contribution in [0.5, 0.6) is 0 Å². The van der Waals surface area contributed by atoms with Crippen LogP contribution in [0.4, 0.5) is 4.39 Å². The molecule has 0 amide bonds. The third kappa shape index (κ3) is 2.07. The SMILES string of the molecule is CCC(C)(O)c1cc(Cl)cc(C)c1F. The largest absolute Gasteiger partial charge is 0.385 e. The fraction of sp³-hybridized carbons (Fsp3) is 0.455. The summed E-state index contributed by atoms with van der Waals surface area (Å²) < 4.78 is 13.6. The smallest absolute Gasteiger partial charge is 0.132 e. The number of aryl methyl sites for hydroxylation is 1. The summed E-state index contributed by atoms with van der Waals surface area (Å²) in [5, 5.41) is 10.4. The third-order valence-corrected chi connectivity index (χ3v) is 2.71. The van der Waals surface area contributed by atoms with E-state index >= 15 is 0 Å². The Labute approximate surface area is 88.5 Å². The molecule has 1 aromatic rings. The van der Waals surface area contributed by atoms with Crippen molar-refractivity contribution in [3.8, 4) is 0 Å². The second-order valence-electron chi connectivity index (χ2n) is 3.71. The average molecular weight is 217 g/mol. The second-order valence-corrected chi connectivity index (χ2v) is 4.15. The first-order valence-electron chi connectivity index (χ1n) is 4.57. The Bertz CT molecular complexity index is 347. The number of benzene rings is 1. The van der Waals surface area contributed by atoms with Crippen LogP contribution in [0.3, 0.4) is 0 Å². The lowest BCUT2D eigenvalue weighted by atomic mass is 9.91. The molecule has 0 spiro atoms.